The number of carbonyl (C=O) groups is 2. The number of ether oxygens (including phenoxy) is 1. The van der Waals surface area contributed by atoms with Gasteiger partial charge in [0.25, 0.3) is 0 Å². The van der Waals surface area contributed by atoms with Crippen LogP contribution >= 0.6 is 0 Å². The van der Waals surface area contributed by atoms with E-state index in [0.29, 0.717) is 24.4 Å². The number of nitrogens with one attached hydrogen (secondary N) is 1. The maximum absolute atomic E-state index is 11.8. The zero-order valence-corrected chi connectivity index (χ0v) is 10.8. The predicted octanol–water partition coefficient (Wildman–Crippen LogP) is 1.07. The normalized spacial score (nSPS) is 11.7. The van der Waals surface area contributed by atoms with Crippen LogP contribution < -0.4 is 15.8 Å². The highest BCUT2D eigenvalue weighted by Crippen LogP contribution is 2.18. The summed E-state index contributed by atoms with van der Waals surface area (Å²) in [5, 5.41) is 11.2. The van der Waals surface area contributed by atoms with E-state index in [1.165, 1.54) is 0 Å². The average molecular weight is 266 g/mol. The van der Waals surface area contributed by atoms with Crippen LogP contribution in [0.2, 0.25) is 0 Å². The van der Waals surface area contributed by atoms with Crippen LogP contribution in [0.4, 0.5) is 5.69 Å². The third-order valence-corrected chi connectivity index (χ3v) is 2.51. The number of hydrogen-bond donors (Lipinski definition) is 3. The van der Waals surface area contributed by atoms with Gasteiger partial charge in [-0.15, -0.1) is 0 Å². The Kier molecular flexibility index (Phi) is 5.81. The van der Waals surface area contributed by atoms with E-state index in [4.69, 9.17) is 15.6 Å². The molecule has 0 aliphatic rings. The van der Waals surface area contributed by atoms with Crippen molar-refractivity contribution in [1.29, 1.82) is 0 Å². The Bertz CT molecular complexity index is 448. The van der Waals surface area contributed by atoms with Gasteiger partial charge in [0.2, 0.25) is 5.91 Å². The number of nitrogens with two attached hydrogens (primary N) is 1. The minimum Gasteiger partial charge on any atom is -0.482 e. The summed E-state index contributed by atoms with van der Waals surface area (Å²) in [5.41, 5.74) is 5.96. The highest BCUT2D eigenvalue weighted by atomic mass is 16.5. The second-order valence-electron chi connectivity index (χ2n) is 4.18. The highest BCUT2D eigenvalue weighted by molar-refractivity contribution is 5.92. The van der Waals surface area contributed by atoms with Gasteiger partial charge in [-0.25, -0.2) is 4.79 Å². The van der Waals surface area contributed by atoms with Crippen molar-refractivity contribution < 1.29 is 19.4 Å². The monoisotopic (exact) mass is 266 g/mol. The number of hydrogen-bond acceptors (Lipinski definition) is 4. The molecule has 6 heteroatoms. The molecule has 1 amide bonds. The molecule has 0 bridgehead atoms. The van der Waals surface area contributed by atoms with Gasteiger partial charge in [0.15, 0.2) is 6.61 Å². The molecule has 6 nitrogen and oxygen atoms in total. The summed E-state index contributed by atoms with van der Waals surface area (Å²) >= 11 is 0. The molecular formula is C13H18N2O4. The van der Waals surface area contributed by atoms with E-state index in [9.17, 15) is 9.59 Å². The van der Waals surface area contributed by atoms with E-state index >= 15 is 0 Å². The molecule has 1 atom stereocenters. The Morgan fingerprint density at radius 3 is 2.84 bits per heavy atom. The third-order valence-electron chi connectivity index (χ3n) is 2.51. The summed E-state index contributed by atoms with van der Waals surface area (Å²) in [6.45, 7) is 1.84. The van der Waals surface area contributed by atoms with Gasteiger partial charge in [-0.1, -0.05) is 13.0 Å². The highest BCUT2D eigenvalue weighted by Gasteiger charge is 2.12. The SMILES string of the molecule is CC(CCN)C(=O)Nc1cccc(OCC(=O)O)c1. The lowest BCUT2D eigenvalue weighted by atomic mass is 10.1. The summed E-state index contributed by atoms with van der Waals surface area (Å²) in [4.78, 5) is 22.2. The fourth-order valence-corrected chi connectivity index (χ4v) is 1.46. The van der Waals surface area contributed by atoms with Crippen molar-refractivity contribution in [3.8, 4) is 5.75 Å². The Morgan fingerprint density at radius 1 is 1.47 bits per heavy atom. The first kappa shape index (κ1) is 15.0. The number of benzene rings is 1. The van der Waals surface area contributed by atoms with Crippen LogP contribution in [0.25, 0.3) is 0 Å². The van der Waals surface area contributed by atoms with Crippen LogP contribution in [0.15, 0.2) is 24.3 Å². The summed E-state index contributed by atoms with van der Waals surface area (Å²) in [5.74, 6) is -0.952. The lowest BCUT2D eigenvalue weighted by Gasteiger charge is -2.12. The maximum Gasteiger partial charge on any atom is 0.341 e. The van der Waals surface area contributed by atoms with Crippen molar-refractivity contribution >= 4 is 17.6 Å². The third kappa shape index (κ3) is 5.39. The van der Waals surface area contributed by atoms with Crippen molar-refractivity contribution in [2.24, 2.45) is 11.7 Å². The summed E-state index contributed by atoms with van der Waals surface area (Å²) in [6, 6.07) is 6.60. The molecule has 0 radical (unpaired) electrons. The topological polar surface area (TPSA) is 102 Å². The Morgan fingerprint density at radius 2 is 2.21 bits per heavy atom. The predicted molar refractivity (Wildman–Crippen MR) is 71.0 cm³/mol. The van der Waals surface area contributed by atoms with Gasteiger partial charge in [-0.05, 0) is 25.1 Å². The molecule has 19 heavy (non-hydrogen) atoms. The van der Waals surface area contributed by atoms with Gasteiger partial charge >= 0.3 is 5.97 Å². The zero-order chi connectivity index (χ0) is 14.3. The Hall–Kier alpha value is -2.08. The van der Waals surface area contributed by atoms with Crippen LogP contribution in [0.1, 0.15) is 13.3 Å². The minimum absolute atomic E-state index is 0.124. The van der Waals surface area contributed by atoms with E-state index in [1.54, 1.807) is 31.2 Å². The van der Waals surface area contributed by atoms with E-state index in [1.807, 2.05) is 0 Å². The standard InChI is InChI=1S/C13H18N2O4/c1-9(5-6-14)13(18)15-10-3-2-4-11(7-10)19-8-12(16)17/h2-4,7,9H,5-6,8,14H2,1H3,(H,15,18)(H,16,17). The molecule has 4 N–H and O–H groups in total. The lowest BCUT2D eigenvalue weighted by Crippen LogP contribution is -2.22. The zero-order valence-electron chi connectivity index (χ0n) is 10.8. The second-order valence-corrected chi connectivity index (χ2v) is 4.18. The number of rotatable bonds is 7. The molecule has 0 fully saturated rings. The number of anilines is 1. The van der Waals surface area contributed by atoms with Crippen LogP contribution in [0.3, 0.4) is 0 Å². The maximum atomic E-state index is 11.8. The molecular weight excluding hydrogens is 248 g/mol. The van der Waals surface area contributed by atoms with E-state index in [0.717, 1.165) is 0 Å². The largest absolute Gasteiger partial charge is 0.482 e. The van der Waals surface area contributed by atoms with E-state index in [-0.39, 0.29) is 11.8 Å². The number of aliphatic carboxylic acids is 1. The van der Waals surface area contributed by atoms with Crippen LogP contribution in [-0.4, -0.2) is 30.1 Å². The van der Waals surface area contributed by atoms with Crippen molar-refractivity contribution in [2.45, 2.75) is 13.3 Å². The quantitative estimate of drug-likeness (QED) is 0.685. The lowest BCUT2D eigenvalue weighted by molar-refractivity contribution is -0.139. The van der Waals surface area contributed by atoms with Crippen LogP contribution in [0.5, 0.6) is 5.75 Å². The van der Waals surface area contributed by atoms with Gasteiger partial charge < -0.3 is 20.9 Å². The molecule has 0 aliphatic carbocycles. The fraction of sp³-hybridized carbons (Fsp3) is 0.385. The molecule has 1 aromatic rings. The molecule has 0 aliphatic heterocycles. The second kappa shape index (κ2) is 7.38. The van der Waals surface area contributed by atoms with Gasteiger partial charge in [-0.3, -0.25) is 4.79 Å². The van der Waals surface area contributed by atoms with Crippen LogP contribution in [0, 0.1) is 5.92 Å². The van der Waals surface area contributed by atoms with Crippen molar-refractivity contribution in [3.05, 3.63) is 24.3 Å². The Labute approximate surface area is 111 Å². The molecule has 0 spiro atoms. The molecule has 1 rings (SSSR count). The molecule has 104 valence electrons. The van der Waals surface area contributed by atoms with Crippen LogP contribution in [-0.2, 0) is 9.59 Å². The smallest absolute Gasteiger partial charge is 0.341 e. The molecule has 1 aromatic carbocycles. The summed E-state index contributed by atoms with van der Waals surface area (Å²) in [7, 11) is 0. The van der Waals surface area contributed by atoms with E-state index in [2.05, 4.69) is 5.32 Å². The van der Waals surface area contributed by atoms with E-state index < -0.39 is 12.6 Å². The summed E-state index contributed by atoms with van der Waals surface area (Å²) in [6.07, 6.45) is 0.612. The van der Waals surface area contributed by atoms with Gasteiger partial charge in [0.05, 0.1) is 0 Å². The molecule has 0 aromatic heterocycles. The minimum atomic E-state index is -1.05. The number of carbonyl (C=O) groups excluding carboxylic acids is 1. The van der Waals surface area contributed by atoms with Gasteiger partial charge in [0.1, 0.15) is 5.75 Å². The van der Waals surface area contributed by atoms with Gasteiger partial charge in [-0.2, -0.15) is 0 Å². The first-order chi connectivity index (χ1) is 9.02. The number of amides is 1. The first-order valence-electron chi connectivity index (χ1n) is 5.98. The van der Waals surface area contributed by atoms with Crippen molar-refractivity contribution in [2.75, 3.05) is 18.5 Å². The van der Waals surface area contributed by atoms with Crippen molar-refractivity contribution in [3.63, 3.8) is 0 Å². The molecule has 0 saturated carbocycles. The average Bonchev–Trinajstić information content (AvgIpc) is 2.37. The molecule has 1 unspecified atom stereocenters. The fourth-order valence-electron chi connectivity index (χ4n) is 1.46. The molecule has 0 saturated heterocycles. The Balaban J connectivity index is 2.61. The van der Waals surface area contributed by atoms with Gasteiger partial charge in [0, 0.05) is 17.7 Å². The molecule has 0 heterocycles. The number of carboxylic acid groups (broad SMARTS) is 1. The van der Waals surface area contributed by atoms with Crippen molar-refractivity contribution in [1.82, 2.24) is 0 Å². The number of carboxylic acids is 1. The first-order valence-corrected chi connectivity index (χ1v) is 5.98. The summed E-state index contributed by atoms with van der Waals surface area (Å²) < 4.78 is 5.03.